The highest BCUT2D eigenvalue weighted by Crippen LogP contribution is 2.26. The predicted molar refractivity (Wildman–Crippen MR) is 81.7 cm³/mol. The van der Waals surface area contributed by atoms with Gasteiger partial charge in [0.1, 0.15) is 18.5 Å². The van der Waals surface area contributed by atoms with Gasteiger partial charge in [-0.1, -0.05) is 30.1 Å². The van der Waals surface area contributed by atoms with Gasteiger partial charge in [0, 0.05) is 12.6 Å². The molecule has 0 saturated carbocycles. The second kappa shape index (κ2) is 9.42. The first-order valence-corrected chi connectivity index (χ1v) is 7.43. The van der Waals surface area contributed by atoms with Crippen molar-refractivity contribution in [3.05, 3.63) is 28.2 Å². The van der Waals surface area contributed by atoms with Crippen molar-refractivity contribution in [3.63, 3.8) is 0 Å². The second-order valence-electron chi connectivity index (χ2n) is 4.60. The van der Waals surface area contributed by atoms with Crippen molar-refractivity contribution in [2.45, 2.75) is 32.0 Å². The van der Waals surface area contributed by atoms with Gasteiger partial charge < -0.3 is 20.3 Å². The lowest BCUT2D eigenvalue weighted by Crippen LogP contribution is -2.33. The van der Waals surface area contributed by atoms with E-state index in [0.717, 1.165) is 6.42 Å². The Morgan fingerprint density at radius 3 is 2.60 bits per heavy atom. The largest absolute Gasteiger partial charge is 0.491 e. The summed E-state index contributed by atoms with van der Waals surface area (Å²) in [6.45, 7) is 3.18. The number of aliphatic hydroxyl groups excluding tert-OH is 2. The predicted octanol–water partition coefficient (Wildman–Crippen LogP) is 2.48. The van der Waals surface area contributed by atoms with Gasteiger partial charge in [0.05, 0.1) is 16.1 Å². The van der Waals surface area contributed by atoms with Crippen LogP contribution in [0.5, 0.6) is 5.75 Å². The molecule has 114 valence electrons. The Bertz CT molecular complexity index is 404. The first kappa shape index (κ1) is 17.5. The molecule has 0 fully saturated rings. The third-order valence-electron chi connectivity index (χ3n) is 2.84. The molecule has 0 aliphatic rings. The zero-order chi connectivity index (χ0) is 15.0. The molecule has 4 nitrogen and oxygen atoms in total. The molecular weight excluding hydrogens is 301 g/mol. The lowest BCUT2D eigenvalue weighted by atomic mass is 10.2. The van der Waals surface area contributed by atoms with Crippen LogP contribution >= 0.6 is 23.2 Å². The highest BCUT2D eigenvalue weighted by molar-refractivity contribution is 6.42. The zero-order valence-electron chi connectivity index (χ0n) is 11.5. The van der Waals surface area contributed by atoms with Crippen LogP contribution in [0.4, 0.5) is 0 Å². The number of benzene rings is 1. The summed E-state index contributed by atoms with van der Waals surface area (Å²) < 4.78 is 5.42. The maximum absolute atomic E-state index is 9.75. The van der Waals surface area contributed by atoms with Crippen LogP contribution in [-0.4, -0.2) is 42.1 Å². The molecule has 2 atom stereocenters. The van der Waals surface area contributed by atoms with Gasteiger partial charge in [-0.25, -0.2) is 0 Å². The number of rotatable bonds is 9. The number of hydrogen-bond donors (Lipinski definition) is 3. The maximum atomic E-state index is 9.75. The van der Waals surface area contributed by atoms with E-state index in [9.17, 15) is 10.2 Å². The Kier molecular flexibility index (Phi) is 8.26. The summed E-state index contributed by atoms with van der Waals surface area (Å²) in [5.74, 6) is 0.569. The minimum atomic E-state index is -0.622. The molecule has 1 rings (SSSR count). The summed E-state index contributed by atoms with van der Waals surface area (Å²) in [7, 11) is 0. The molecule has 0 heterocycles. The van der Waals surface area contributed by atoms with E-state index in [1.807, 2.05) is 6.92 Å². The molecule has 0 amide bonds. The van der Waals surface area contributed by atoms with E-state index in [1.54, 1.807) is 18.2 Å². The van der Waals surface area contributed by atoms with E-state index in [2.05, 4.69) is 5.32 Å². The molecule has 0 bridgehead atoms. The summed E-state index contributed by atoms with van der Waals surface area (Å²) in [5.41, 5.74) is 0. The van der Waals surface area contributed by atoms with Gasteiger partial charge in [-0.3, -0.25) is 0 Å². The van der Waals surface area contributed by atoms with Crippen LogP contribution in [0.25, 0.3) is 0 Å². The van der Waals surface area contributed by atoms with Gasteiger partial charge >= 0.3 is 0 Å². The molecule has 1 aromatic rings. The van der Waals surface area contributed by atoms with E-state index < -0.39 is 6.10 Å². The van der Waals surface area contributed by atoms with Crippen molar-refractivity contribution in [1.29, 1.82) is 0 Å². The fraction of sp³-hybridized carbons (Fsp3) is 0.571. The summed E-state index contributed by atoms with van der Waals surface area (Å²) >= 11 is 11.7. The fourth-order valence-electron chi connectivity index (χ4n) is 1.56. The molecule has 0 aliphatic carbocycles. The van der Waals surface area contributed by atoms with Crippen molar-refractivity contribution in [2.75, 3.05) is 19.7 Å². The SMILES string of the molecule is CCC(O)CCNCC(O)COc1ccc(Cl)c(Cl)c1. The van der Waals surface area contributed by atoms with Crippen LogP contribution in [0.2, 0.25) is 10.0 Å². The van der Waals surface area contributed by atoms with Crippen LogP contribution in [0, 0.1) is 0 Å². The Morgan fingerprint density at radius 2 is 1.95 bits per heavy atom. The van der Waals surface area contributed by atoms with Crippen LogP contribution in [0.15, 0.2) is 18.2 Å². The fourth-order valence-corrected chi connectivity index (χ4v) is 1.85. The molecule has 6 heteroatoms. The maximum Gasteiger partial charge on any atom is 0.121 e. The van der Waals surface area contributed by atoms with Crippen LogP contribution in [0.3, 0.4) is 0 Å². The van der Waals surface area contributed by atoms with Crippen LogP contribution in [0.1, 0.15) is 19.8 Å². The molecule has 0 spiro atoms. The molecule has 20 heavy (non-hydrogen) atoms. The van der Waals surface area contributed by atoms with E-state index in [-0.39, 0.29) is 12.7 Å². The average molecular weight is 322 g/mol. The van der Waals surface area contributed by atoms with Crippen LogP contribution in [-0.2, 0) is 0 Å². The van der Waals surface area contributed by atoms with Gasteiger partial charge in [0.2, 0.25) is 0 Å². The average Bonchev–Trinajstić information content (AvgIpc) is 2.44. The highest BCUT2D eigenvalue weighted by atomic mass is 35.5. The summed E-state index contributed by atoms with van der Waals surface area (Å²) in [5, 5.41) is 23.1. The van der Waals surface area contributed by atoms with Gasteiger partial charge in [-0.2, -0.15) is 0 Å². The van der Waals surface area contributed by atoms with E-state index in [4.69, 9.17) is 27.9 Å². The highest BCUT2D eigenvalue weighted by Gasteiger charge is 2.07. The number of ether oxygens (including phenoxy) is 1. The number of hydrogen-bond acceptors (Lipinski definition) is 4. The molecule has 3 N–H and O–H groups in total. The number of nitrogens with one attached hydrogen (secondary N) is 1. The molecule has 0 aromatic heterocycles. The third kappa shape index (κ3) is 6.77. The van der Waals surface area contributed by atoms with Gasteiger partial charge in [-0.05, 0) is 31.5 Å². The first-order valence-electron chi connectivity index (χ1n) is 6.67. The smallest absolute Gasteiger partial charge is 0.121 e. The summed E-state index contributed by atoms with van der Waals surface area (Å²) in [4.78, 5) is 0. The minimum absolute atomic E-state index is 0.168. The standard InChI is InChI=1S/C14H21Cl2NO3/c1-2-10(18)5-6-17-8-11(19)9-20-12-3-4-13(15)14(16)7-12/h3-4,7,10-11,17-19H,2,5-6,8-9H2,1H3. The van der Waals surface area contributed by atoms with Crippen LogP contribution < -0.4 is 10.1 Å². The van der Waals surface area contributed by atoms with Crippen molar-refractivity contribution in [2.24, 2.45) is 0 Å². The zero-order valence-corrected chi connectivity index (χ0v) is 13.0. The molecule has 0 saturated heterocycles. The Hall–Kier alpha value is -0.520. The van der Waals surface area contributed by atoms with Gasteiger partial charge in [0.15, 0.2) is 0 Å². The number of halogens is 2. The molecule has 1 aromatic carbocycles. The molecular formula is C14H21Cl2NO3. The quantitative estimate of drug-likeness (QED) is 0.611. The van der Waals surface area contributed by atoms with Gasteiger partial charge in [-0.15, -0.1) is 0 Å². The molecule has 2 unspecified atom stereocenters. The van der Waals surface area contributed by atoms with Gasteiger partial charge in [0.25, 0.3) is 0 Å². The molecule has 0 radical (unpaired) electrons. The summed E-state index contributed by atoms with van der Waals surface area (Å²) in [6, 6.07) is 4.96. The summed E-state index contributed by atoms with van der Waals surface area (Å²) in [6.07, 6.45) is 0.511. The van der Waals surface area contributed by atoms with Crippen molar-refractivity contribution >= 4 is 23.2 Å². The van der Waals surface area contributed by atoms with Crippen molar-refractivity contribution < 1.29 is 14.9 Å². The number of aliphatic hydroxyl groups is 2. The third-order valence-corrected chi connectivity index (χ3v) is 3.58. The monoisotopic (exact) mass is 321 g/mol. The Labute approximate surface area is 129 Å². The van der Waals surface area contributed by atoms with E-state index >= 15 is 0 Å². The Morgan fingerprint density at radius 1 is 1.20 bits per heavy atom. The van der Waals surface area contributed by atoms with Crippen molar-refractivity contribution in [3.8, 4) is 5.75 Å². The van der Waals surface area contributed by atoms with E-state index in [1.165, 1.54) is 0 Å². The lowest BCUT2D eigenvalue weighted by Gasteiger charge is -2.14. The normalized spacial score (nSPS) is 14.1. The van der Waals surface area contributed by atoms with E-state index in [0.29, 0.717) is 35.3 Å². The molecule has 0 aliphatic heterocycles. The lowest BCUT2D eigenvalue weighted by molar-refractivity contribution is 0.104. The first-order chi connectivity index (χ1) is 9.52. The topological polar surface area (TPSA) is 61.7 Å². The minimum Gasteiger partial charge on any atom is -0.491 e. The second-order valence-corrected chi connectivity index (χ2v) is 5.41. The van der Waals surface area contributed by atoms with Crippen molar-refractivity contribution in [1.82, 2.24) is 5.32 Å². The Balaban J connectivity index is 2.19.